The second-order valence-corrected chi connectivity index (χ2v) is 9.45. The molecule has 1 N–H and O–H groups in total. The number of anilines is 1. The van der Waals surface area contributed by atoms with E-state index in [2.05, 4.69) is 5.32 Å². The molecule has 9 heteroatoms. The van der Waals surface area contributed by atoms with E-state index < -0.39 is 28.5 Å². The van der Waals surface area contributed by atoms with E-state index in [9.17, 15) is 18.0 Å². The third-order valence-corrected chi connectivity index (χ3v) is 7.19. The molecule has 35 heavy (non-hydrogen) atoms. The molecule has 0 aliphatic rings. The molecule has 0 aliphatic heterocycles. The van der Waals surface area contributed by atoms with Crippen molar-refractivity contribution in [2.75, 3.05) is 25.0 Å². The highest BCUT2D eigenvalue weighted by molar-refractivity contribution is 7.89. The van der Waals surface area contributed by atoms with Gasteiger partial charge in [0.2, 0.25) is 10.0 Å². The summed E-state index contributed by atoms with van der Waals surface area (Å²) in [6.45, 7) is 3.92. The molecule has 0 bridgehead atoms. The van der Waals surface area contributed by atoms with Gasteiger partial charge in [0.05, 0.1) is 4.90 Å². The average Bonchev–Trinajstić information content (AvgIpc) is 2.87. The largest absolute Gasteiger partial charge is 0.488 e. The van der Waals surface area contributed by atoms with Crippen LogP contribution >= 0.6 is 0 Å². The van der Waals surface area contributed by atoms with E-state index in [-0.39, 0.29) is 22.8 Å². The molecular formula is C26H28N2O6S. The number of esters is 1. The van der Waals surface area contributed by atoms with Gasteiger partial charge in [-0.1, -0.05) is 62.4 Å². The monoisotopic (exact) mass is 496 g/mol. The molecular weight excluding hydrogens is 468 g/mol. The zero-order valence-electron chi connectivity index (χ0n) is 19.6. The van der Waals surface area contributed by atoms with Crippen molar-refractivity contribution in [1.82, 2.24) is 4.31 Å². The van der Waals surface area contributed by atoms with Gasteiger partial charge in [0.1, 0.15) is 17.9 Å². The van der Waals surface area contributed by atoms with Crippen molar-refractivity contribution in [2.45, 2.75) is 25.3 Å². The molecule has 0 fully saturated rings. The highest BCUT2D eigenvalue weighted by Gasteiger charge is 2.22. The van der Waals surface area contributed by atoms with Gasteiger partial charge >= 0.3 is 5.97 Å². The van der Waals surface area contributed by atoms with Gasteiger partial charge in [-0.05, 0) is 35.9 Å². The Morgan fingerprint density at radius 1 is 0.886 bits per heavy atom. The highest BCUT2D eigenvalue weighted by atomic mass is 32.2. The zero-order chi connectivity index (χ0) is 25.3. The number of benzene rings is 3. The van der Waals surface area contributed by atoms with Gasteiger partial charge in [-0.3, -0.25) is 4.79 Å². The number of hydrogen-bond acceptors (Lipinski definition) is 6. The van der Waals surface area contributed by atoms with E-state index in [1.165, 1.54) is 16.4 Å². The lowest BCUT2D eigenvalue weighted by Gasteiger charge is -2.18. The summed E-state index contributed by atoms with van der Waals surface area (Å²) in [4.78, 5) is 25.0. The predicted octanol–water partition coefficient (Wildman–Crippen LogP) is 4.09. The van der Waals surface area contributed by atoms with Crippen molar-refractivity contribution in [3.8, 4) is 5.75 Å². The fourth-order valence-electron chi connectivity index (χ4n) is 3.35. The number of para-hydroxylation sites is 1. The number of amides is 1. The minimum Gasteiger partial charge on any atom is -0.488 e. The molecule has 0 aliphatic carbocycles. The summed E-state index contributed by atoms with van der Waals surface area (Å²) in [5, 5.41) is 2.57. The Hall–Kier alpha value is -3.69. The van der Waals surface area contributed by atoms with Crippen LogP contribution in [0, 0.1) is 0 Å². The van der Waals surface area contributed by atoms with Crippen molar-refractivity contribution in [3.05, 3.63) is 90.0 Å². The standard InChI is InChI=1S/C26H28N2O6S/c1-3-28(4-2)35(31,32)22-14-10-13-21(17-22)27-25(29)19-34-26(30)23-15-8-9-16-24(23)33-18-20-11-6-5-7-12-20/h5-17H,3-4,18-19H2,1-2H3,(H,27,29). The van der Waals surface area contributed by atoms with Crippen LogP contribution in [-0.4, -0.2) is 44.3 Å². The van der Waals surface area contributed by atoms with Crippen LogP contribution in [0.15, 0.2) is 83.8 Å². The van der Waals surface area contributed by atoms with E-state index in [0.29, 0.717) is 18.8 Å². The maximum Gasteiger partial charge on any atom is 0.342 e. The number of sulfonamides is 1. The third-order valence-electron chi connectivity index (χ3n) is 5.14. The molecule has 3 aromatic rings. The van der Waals surface area contributed by atoms with Crippen molar-refractivity contribution in [2.24, 2.45) is 0 Å². The Morgan fingerprint density at radius 3 is 2.29 bits per heavy atom. The minimum absolute atomic E-state index is 0.0699. The molecule has 0 saturated carbocycles. The number of rotatable bonds is 11. The van der Waals surface area contributed by atoms with Crippen LogP contribution in [-0.2, 0) is 26.2 Å². The number of hydrogen-bond donors (Lipinski definition) is 1. The predicted molar refractivity (Wildman–Crippen MR) is 133 cm³/mol. The summed E-state index contributed by atoms with van der Waals surface area (Å²) in [5.41, 5.74) is 1.43. The first kappa shape index (κ1) is 25.9. The second-order valence-electron chi connectivity index (χ2n) is 7.51. The summed E-state index contributed by atoms with van der Waals surface area (Å²) in [7, 11) is -3.67. The Balaban J connectivity index is 1.60. The van der Waals surface area contributed by atoms with Gasteiger partial charge in [-0.15, -0.1) is 0 Å². The van der Waals surface area contributed by atoms with Gasteiger partial charge in [0.15, 0.2) is 6.61 Å². The molecule has 1 amide bonds. The van der Waals surface area contributed by atoms with Crippen molar-refractivity contribution in [1.29, 1.82) is 0 Å². The smallest absolute Gasteiger partial charge is 0.342 e. The van der Waals surface area contributed by atoms with Crippen LogP contribution < -0.4 is 10.1 Å². The summed E-state index contributed by atoms with van der Waals surface area (Å²) < 4.78 is 37.7. The lowest BCUT2D eigenvalue weighted by molar-refractivity contribution is -0.119. The van der Waals surface area contributed by atoms with Crippen LogP contribution in [0.3, 0.4) is 0 Å². The fraction of sp³-hybridized carbons (Fsp3) is 0.231. The van der Waals surface area contributed by atoms with Crippen LogP contribution in [0.1, 0.15) is 29.8 Å². The van der Waals surface area contributed by atoms with Crippen molar-refractivity contribution >= 4 is 27.6 Å². The van der Waals surface area contributed by atoms with E-state index in [1.54, 1.807) is 50.2 Å². The molecule has 0 spiro atoms. The van der Waals surface area contributed by atoms with Crippen molar-refractivity contribution in [3.63, 3.8) is 0 Å². The first-order chi connectivity index (χ1) is 16.8. The summed E-state index contributed by atoms with van der Waals surface area (Å²) in [5.74, 6) is -0.962. The second kappa shape index (κ2) is 12.1. The van der Waals surface area contributed by atoms with E-state index >= 15 is 0 Å². The quantitative estimate of drug-likeness (QED) is 0.401. The number of nitrogens with zero attached hydrogens (tertiary/aromatic N) is 1. The SMILES string of the molecule is CCN(CC)S(=O)(=O)c1cccc(NC(=O)COC(=O)c2ccccc2OCc2ccccc2)c1. The number of ether oxygens (including phenoxy) is 2. The lowest BCUT2D eigenvalue weighted by atomic mass is 10.2. The Morgan fingerprint density at radius 2 is 1.57 bits per heavy atom. The number of carbonyl (C=O) groups excluding carboxylic acids is 2. The van der Waals surface area contributed by atoms with Gasteiger partial charge in [0.25, 0.3) is 5.91 Å². The molecule has 0 aromatic heterocycles. The van der Waals surface area contributed by atoms with E-state index in [1.807, 2.05) is 30.3 Å². The normalized spacial score (nSPS) is 11.2. The molecule has 0 atom stereocenters. The third kappa shape index (κ3) is 6.91. The molecule has 0 saturated heterocycles. The number of nitrogens with one attached hydrogen (secondary N) is 1. The molecule has 184 valence electrons. The molecule has 8 nitrogen and oxygen atoms in total. The average molecular weight is 497 g/mol. The molecule has 3 rings (SSSR count). The minimum atomic E-state index is -3.67. The molecule has 0 heterocycles. The lowest BCUT2D eigenvalue weighted by Crippen LogP contribution is -2.30. The van der Waals surface area contributed by atoms with Gasteiger partial charge in [-0.2, -0.15) is 4.31 Å². The van der Waals surface area contributed by atoms with Crippen LogP contribution in [0.2, 0.25) is 0 Å². The first-order valence-electron chi connectivity index (χ1n) is 11.2. The summed E-state index contributed by atoms with van der Waals surface area (Å²) in [6, 6.07) is 22.1. The topological polar surface area (TPSA) is 102 Å². The Bertz CT molecular complexity index is 1260. The molecule has 0 radical (unpaired) electrons. The molecule has 0 unspecified atom stereocenters. The van der Waals surface area contributed by atoms with Crippen LogP contribution in [0.25, 0.3) is 0 Å². The van der Waals surface area contributed by atoms with Crippen LogP contribution in [0.4, 0.5) is 5.69 Å². The number of carbonyl (C=O) groups is 2. The zero-order valence-corrected chi connectivity index (χ0v) is 20.5. The van der Waals surface area contributed by atoms with Gasteiger partial charge in [0, 0.05) is 18.8 Å². The maximum absolute atomic E-state index is 12.7. The van der Waals surface area contributed by atoms with Crippen molar-refractivity contribution < 1.29 is 27.5 Å². The highest BCUT2D eigenvalue weighted by Crippen LogP contribution is 2.21. The Kier molecular flexibility index (Phi) is 8.99. The fourth-order valence-corrected chi connectivity index (χ4v) is 4.85. The van der Waals surface area contributed by atoms with Crippen LogP contribution in [0.5, 0.6) is 5.75 Å². The summed E-state index contributed by atoms with van der Waals surface area (Å²) in [6.07, 6.45) is 0. The first-order valence-corrected chi connectivity index (χ1v) is 12.6. The Labute approximate surface area is 205 Å². The maximum atomic E-state index is 12.7. The molecule has 3 aromatic carbocycles. The van der Waals surface area contributed by atoms with E-state index in [4.69, 9.17) is 9.47 Å². The van der Waals surface area contributed by atoms with Gasteiger partial charge < -0.3 is 14.8 Å². The van der Waals surface area contributed by atoms with Gasteiger partial charge in [-0.25, -0.2) is 13.2 Å². The summed E-state index contributed by atoms with van der Waals surface area (Å²) >= 11 is 0. The van der Waals surface area contributed by atoms with E-state index in [0.717, 1.165) is 5.56 Å².